The van der Waals surface area contributed by atoms with Gasteiger partial charge < -0.3 is 15.7 Å². The molecule has 2 amide bonds. The number of rotatable bonds is 6. The molecular weight excluding hydrogens is 428 g/mol. The van der Waals surface area contributed by atoms with E-state index in [9.17, 15) is 19.5 Å². The summed E-state index contributed by atoms with van der Waals surface area (Å²) in [5.41, 5.74) is 2.62. The van der Waals surface area contributed by atoms with Gasteiger partial charge in [-0.3, -0.25) is 9.59 Å². The minimum Gasteiger partial charge on any atom is -0.478 e. The number of benzene rings is 3. The Morgan fingerprint density at radius 3 is 1.85 bits per heavy atom. The van der Waals surface area contributed by atoms with Crippen molar-refractivity contribution in [2.24, 2.45) is 0 Å². The lowest BCUT2D eigenvalue weighted by Gasteiger charge is -2.16. The summed E-state index contributed by atoms with van der Waals surface area (Å²) in [6.07, 6.45) is 6.79. The molecule has 4 rings (SSSR count). The Hall–Kier alpha value is -3.93. The van der Waals surface area contributed by atoms with Crippen LogP contribution in [0, 0.1) is 0 Å². The lowest BCUT2D eigenvalue weighted by molar-refractivity contribution is 0.0697. The highest BCUT2D eigenvalue weighted by Gasteiger charge is 2.18. The van der Waals surface area contributed by atoms with Gasteiger partial charge in [0.25, 0.3) is 11.8 Å². The molecule has 174 valence electrons. The molecule has 0 heterocycles. The second kappa shape index (κ2) is 10.8. The minimum atomic E-state index is -1.05. The van der Waals surface area contributed by atoms with Gasteiger partial charge in [0, 0.05) is 22.9 Å². The zero-order valence-electron chi connectivity index (χ0n) is 18.9. The van der Waals surface area contributed by atoms with Crippen molar-refractivity contribution in [3.05, 3.63) is 89.5 Å². The molecule has 0 bridgehead atoms. The van der Waals surface area contributed by atoms with Gasteiger partial charge in [0.15, 0.2) is 0 Å². The maximum atomic E-state index is 13.1. The second-order valence-electron chi connectivity index (χ2n) is 8.59. The standard InChI is InChI=1S/C28H28N2O4/c31-26(29-20-9-3-1-2-4-10-20)19-15-17-21(18-16-19)30-27(32)24-13-7-5-11-22(24)23-12-6-8-14-25(23)28(33)34/h5-8,11-18,20H,1-4,9-10H2,(H,29,31)(H,30,32)(H,33,34). The summed E-state index contributed by atoms with van der Waals surface area (Å²) in [7, 11) is 0. The minimum absolute atomic E-state index is 0.0969. The summed E-state index contributed by atoms with van der Waals surface area (Å²) in [5.74, 6) is -1.50. The fourth-order valence-corrected chi connectivity index (χ4v) is 4.42. The molecular formula is C28H28N2O4. The fourth-order valence-electron chi connectivity index (χ4n) is 4.42. The quantitative estimate of drug-likeness (QED) is 0.411. The van der Waals surface area contributed by atoms with Gasteiger partial charge in [-0.1, -0.05) is 62.1 Å². The van der Waals surface area contributed by atoms with Crippen LogP contribution in [0.3, 0.4) is 0 Å². The Labute approximate surface area is 199 Å². The number of amides is 2. The zero-order chi connectivity index (χ0) is 23.9. The van der Waals surface area contributed by atoms with E-state index in [2.05, 4.69) is 10.6 Å². The maximum absolute atomic E-state index is 13.1. The average molecular weight is 457 g/mol. The Morgan fingerprint density at radius 2 is 1.24 bits per heavy atom. The topological polar surface area (TPSA) is 95.5 Å². The van der Waals surface area contributed by atoms with E-state index in [1.165, 1.54) is 18.9 Å². The first-order chi connectivity index (χ1) is 16.5. The van der Waals surface area contributed by atoms with Gasteiger partial charge in [0.2, 0.25) is 0 Å². The van der Waals surface area contributed by atoms with Crippen molar-refractivity contribution in [3.8, 4) is 11.1 Å². The van der Waals surface area contributed by atoms with Crippen LogP contribution in [0.1, 0.15) is 69.6 Å². The monoisotopic (exact) mass is 456 g/mol. The predicted molar refractivity (Wildman–Crippen MR) is 132 cm³/mol. The Morgan fingerprint density at radius 1 is 0.676 bits per heavy atom. The first kappa shape index (κ1) is 23.2. The molecule has 0 aromatic heterocycles. The third-order valence-corrected chi connectivity index (χ3v) is 6.21. The van der Waals surface area contributed by atoms with Crippen molar-refractivity contribution in [1.82, 2.24) is 5.32 Å². The normalized spacial score (nSPS) is 14.1. The van der Waals surface area contributed by atoms with Crippen molar-refractivity contribution in [3.63, 3.8) is 0 Å². The highest BCUT2D eigenvalue weighted by molar-refractivity contribution is 6.10. The zero-order valence-corrected chi connectivity index (χ0v) is 18.9. The molecule has 1 fully saturated rings. The third kappa shape index (κ3) is 5.52. The summed E-state index contributed by atoms with van der Waals surface area (Å²) in [6, 6.07) is 20.5. The van der Waals surface area contributed by atoms with Gasteiger partial charge in [-0.2, -0.15) is 0 Å². The largest absolute Gasteiger partial charge is 0.478 e. The van der Waals surface area contributed by atoms with Crippen molar-refractivity contribution in [1.29, 1.82) is 0 Å². The van der Waals surface area contributed by atoms with Gasteiger partial charge in [-0.25, -0.2) is 4.79 Å². The fraction of sp³-hybridized carbons (Fsp3) is 0.250. The number of hydrogen-bond donors (Lipinski definition) is 3. The molecule has 0 aliphatic heterocycles. The van der Waals surface area contributed by atoms with Crippen molar-refractivity contribution >= 4 is 23.5 Å². The average Bonchev–Trinajstić information content (AvgIpc) is 3.13. The molecule has 1 saturated carbocycles. The molecule has 0 unspecified atom stereocenters. The van der Waals surface area contributed by atoms with Crippen molar-refractivity contribution in [2.45, 2.75) is 44.6 Å². The highest BCUT2D eigenvalue weighted by atomic mass is 16.4. The third-order valence-electron chi connectivity index (χ3n) is 6.21. The van der Waals surface area contributed by atoms with Crippen molar-refractivity contribution in [2.75, 3.05) is 5.32 Å². The molecule has 3 aromatic carbocycles. The highest BCUT2D eigenvalue weighted by Crippen LogP contribution is 2.28. The molecule has 0 saturated heterocycles. The molecule has 0 atom stereocenters. The van der Waals surface area contributed by atoms with Crippen LogP contribution in [0.4, 0.5) is 5.69 Å². The number of hydrogen-bond acceptors (Lipinski definition) is 3. The Balaban J connectivity index is 1.48. The lowest BCUT2D eigenvalue weighted by atomic mass is 9.95. The molecule has 0 radical (unpaired) electrons. The molecule has 1 aliphatic carbocycles. The Kier molecular flexibility index (Phi) is 7.38. The van der Waals surface area contributed by atoms with Crippen LogP contribution >= 0.6 is 0 Å². The first-order valence-corrected chi connectivity index (χ1v) is 11.7. The van der Waals surface area contributed by atoms with E-state index in [0.717, 1.165) is 25.7 Å². The first-order valence-electron chi connectivity index (χ1n) is 11.7. The number of carbonyl (C=O) groups is 3. The SMILES string of the molecule is O=C(NC1CCCCCC1)c1ccc(NC(=O)c2ccccc2-c2ccccc2C(=O)O)cc1. The Bertz CT molecular complexity index is 1180. The molecule has 3 aromatic rings. The number of anilines is 1. The summed E-state index contributed by atoms with van der Waals surface area (Å²) < 4.78 is 0. The van der Waals surface area contributed by atoms with E-state index in [-0.39, 0.29) is 23.4 Å². The van der Waals surface area contributed by atoms with Crippen LogP contribution in [0.5, 0.6) is 0 Å². The van der Waals surface area contributed by atoms with E-state index < -0.39 is 5.97 Å². The number of aromatic carboxylic acids is 1. The van der Waals surface area contributed by atoms with Gasteiger partial charge in [0.05, 0.1) is 5.56 Å². The molecule has 0 spiro atoms. The summed E-state index contributed by atoms with van der Waals surface area (Å²) in [4.78, 5) is 37.4. The molecule has 3 N–H and O–H groups in total. The number of nitrogens with one attached hydrogen (secondary N) is 2. The smallest absolute Gasteiger partial charge is 0.336 e. The van der Waals surface area contributed by atoms with Crippen LogP contribution in [-0.2, 0) is 0 Å². The van der Waals surface area contributed by atoms with E-state index in [4.69, 9.17) is 0 Å². The van der Waals surface area contributed by atoms with Crippen LogP contribution in [0.15, 0.2) is 72.8 Å². The second-order valence-corrected chi connectivity index (χ2v) is 8.59. The predicted octanol–water partition coefficient (Wildman–Crippen LogP) is 5.76. The van der Waals surface area contributed by atoms with Crippen LogP contribution < -0.4 is 10.6 Å². The molecule has 6 heteroatoms. The van der Waals surface area contributed by atoms with Crippen LogP contribution in [-0.4, -0.2) is 28.9 Å². The summed E-state index contributed by atoms with van der Waals surface area (Å²) in [5, 5.41) is 15.5. The summed E-state index contributed by atoms with van der Waals surface area (Å²) in [6.45, 7) is 0. The number of carboxylic acid groups (broad SMARTS) is 1. The van der Waals surface area contributed by atoms with Crippen LogP contribution in [0.25, 0.3) is 11.1 Å². The van der Waals surface area contributed by atoms with E-state index >= 15 is 0 Å². The molecule has 1 aliphatic rings. The van der Waals surface area contributed by atoms with Gasteiger partial charge in [-0.05, 0) is 60.4 Å². The lowest BCUT2D eigenvalue weighted by Crippen LogP contribution is -2.34. The van der Waals surface area contributed by atoms with Crippen LogP contribution in [0.2, 0.25) is 0 Å². The van der Waals surface area contributed by atoms with E-state index in [1.807, 2.05) is 0 Å². The number of carboxylic acids is 1. The summed E-state index contributed by atoms with van der Waals surface area (Å²) >= 11 is 0. The van der Waals surface area contributed by atoms with Crippen molar-refractivity contribution < 1.29 is 19.5 Å². The van der Waals surface area contributed by atoms with Gasteiger partial charge in [0.1, 0.15) is 0 Å². The van der Waals surface area contributed by atoms with Gasteiger partial charge >= 0.3 is 5.97 Å². The van der Waals surface area contributed by atoms with Gasteiger partial charge in [-0.15, -0.1) is 0 Å². The number of carbonyl (C=O) groups excluding carboxylic acids is 2. The van der Waals surface area contributed by atoms with E-state index in [1.54, 1.807) is 66.7 Å². The maximum Gasteiger partial charge on any atom is 0.336 e. The molecule has 34 heavy (non-hydrogen) atoms. The van der Waals surface area contributed by atoms with E-state index in [0.29, 0.717) is 27.9 Å². The molecule has 6 nitrogen and oxygen atoms in total.